The second kappa shape index (κ2) is 5.52. The second-order valence-corrected chi connectivity index (χ2v) is 4.43. The zero-order valence-electron chi connectivity index (χ0n) is 7.38. The molecule has 86 valence electrons. The maximum atomic E-state index is 11.6. The third-order valence-electron chi connectivity index (χ3n) is 1.25. The maximum Gasteiger partial charge on any atom is 0.391 e. The van der Waals surface area contributed by atoms with Gasteiger partial charge in [0.15, 0.2) is 0 Å². The van der Waals surface area contributed by atoms with E-state index in [0.29, 0.717) is 0 Å². The van der Waals surface area contributed by atoms with E-state index in [1.54, 1.807) is 0 Å². The van der Waals surface area contributed by atoms with E-state index in [1.165, 1.54) is 0 Å². The molecule has 0 fully saturated rings. The number of alkyl halides is 3. The van der Waals surface area contributed by atoms with Crippen molar-refractivity contribution < 1.29 is 26.3 Å². The van der Waals surface area contributed by atoms with Gasteiger partial charge in [0.1, 0.15) is 0 Å². The van der Waals surface area contributed by atoms with Crippen LogP contribution in [0, 0.1) is 0 Å². The zero-order valence-corrected chi connectivity index (χ0v) is 8.20. The zero-order chi connectivity index (χ0) is 11.2. The van der Waals surface area contributed by atoms with Gasteiger partial charge in [0.25, 0.3) is 0 Å². The number of rotatable bonds is 6. The summed E-state index contributed by atoms with van der Waals surface area (Å²) in [6.45, 7) is -0.485. The quantitative estimate of drug-likeness (QED) is 0.686. The first-order chi connectivity index (χ1) is 6.21. The van der Waals surface area contributed by atoms with Crippen LogP contribution in [0.2, 0.25) is 0 Å². The first-order valence-corrected chi connectivity index (χ1v) is 5.57. The Morgan fingerprint density at radius 2 is 1.79 bits per heavy atom. The van der Waals surface area contributed by atoms with Crippen LogP contribution in [0.5, 0.6) is 0 Å². The number of hydrogen-bond acceptors (Lipinski definition) is 3. The standard InChI is InChI=1S/C6H12F3NO3S/c7-6(8,9)2-4-13-3-1-5-14(10,11)12/h1-5H2,(H2,10,11,12). The highest BCUT2D eigenvalue weighted by atomic mass is 32.2. The predicted octanol–water partition coefficient (Wildman–Crippen LogP) is 0.634. The van der Waals surface area contributed by atoms with E-state index < -0.39 is 29.2 Å². The third-order valence-corrected chi connectivity index (χ3v) is 2.11. The SMILES string of the molecule is NS(=O)(=O)CCCOCCC(F)(F)F. The summed E-state index contributed by atoms with van der Waals surface area (Å²) in [5, 5.41) is 4.66. The molecule has 0 atom stereocenters. The van der Waals surface area contributed by atoms with E-state index in [4.69, 9.17) is 0 Å². The van der Waals surface area contributed by atoms with Crippen molar-refractivity contribution in [2.24, 2.45) is 5.14 Å². The topological polar surface area (TPSA) is 69.4 Å². The Balaban J connectivity index is 3.32. The Morgan fingerprint density at radius 1 is 1.21 bits per heavy atom. The summed E-state index contributed by atoms with van der Waals surface area (Å²) in [6.07, 6.45) is -5.15. The monoisotopic (exact) mass is 235 g/mol. The van der Waals surface area contributed by atoms with Gasteiger partial charge in [-0.25, -0.2) is 13.6 Å². The van der Waals surface area contributed by atoms with Crippen molar-refractivity contribution in [1.82, 2.24) is 0 Å². The highest BCUT2D eigenvalue weighted by molar-refractivity contribution is 7.89. The molecule has 0 rings (SSSR count). The highest BCUT2D eigenvalue weighted by Crippen LogP contribution is 2.18. The lowest BCUT2D eigenvalue weighted by atomic mass is 10.4. The van der Waals surface area contributed by atoms with Crippen LogP contribution in [0.15, 0.2) is 0 Å². The van der Waals surface area contributed by atoms with Crippen molar-refractivity contribution in [2.45, 2.75) is 19.0 Å². The molecule has 0 spiro atoms. The summed E-state index contributed by atoms with van der Waals surface area (Å²) in [6, 6.07) is 0. The Hall–Kier alpha value is -0.340. The summed E-state index contributed by atoms with van der Waals surface area (Å²) < 4.78 is 60.0. The Bertz CT molecular complexity index is 250. The summed E-state index contributed by atoms with van der Waals surface area (Å²) in [7, 11) is -3.54. The Kier molecular flexibility index (Phi) is 5.38. The van der Waals surface area contributed by atoms with Gasteiger partial charge in [0, 0.05) is 6.61 Å². The lowest BCUT2D eigenvalue weighted by Gasteiger charge is -2.06. The van der Waals surface area contributed by atoms with Gasteiger partial charge in [-0.2, -0.15) is 13.2 Å². The van der Waals surface area contributed by atoms with Crippen molar-refractivity contribution in [3.8, 4) is 0 Å². The van der Waals surface area contributed by atoms with E-state index in [1.807, 2.05) is 0 Å². The molecule has 0 aliphatic carbocycles. The number of hydrogen-bond donors (Lipinski definition) is 1. The summed E-state index contributed by atoms with van der Waals surface area (Å²) in [5.74, 6) is -0.279. The van der Waals surface area contributed by atoms with Crippen LogP contribution >= 0.6 is 0 Å². The van der Waals surface area contributed by atoms with Crippen molar-refractivity contribution >= 4 is 10.0 Å². The molecule has 0 aliphatic rings. The van der Waals surface area contributed by atoms with E-state index in [2.05, 4.69) is 9.88 Å². The molecule has 2 N–H and O–H groups in total. The van der Waals surface area contributed by atoms with E-state index in [9.17, 15) is 21.6 Å². The van der Waals surface area contributed by atoms with Crippen LogP contribution in [0.4, 0.5) is 13.2 Å². The van der Waals surface area contributed by atoms with E-state index in [-0.39, 0.29) is 18.8 Å². The average Bonchev–Trinajstić information content (AvgIpc) is 1.92. The van der Waals surface area contributed by atoms with Crippen molar-refractivity contribution in [1.29, 1.82) is 0 Å². The number of ether oxygens (including phenoxy) is 1. The van der Waals surface area contributed by atoms with Crippen LogP contribution in [-0.2, 0) is 14.8 Å². The molecule has 0 amide bonds. The highest BCUT2D eigenvalue weighted by Gasteiger charge is 2.26. The molecule has 0 heterocycles. The fourth-order valence-electron chi connectivity index (χ4n) is 0.652. The molecule has 0 bridgehead atoms. The van der Waals surface area contributed by atoms with Crippen LogP contribution < -0.4 is 5.14 Å². The second-order valence-electron chi connectivity index (χ2n) is 2.70. The molecule has 0 radical (unpaired) electrons. The molecule has 0 unspecified atom stereocenters. The van der Waals surface area contributed by atoms with Gasteiger partial charge < -0.3 is 4.74 Å². The van der Waals surface area contributed by atoms with Crippen LogP contribution in [0.1, 0.15) is 12.8 Å². The maximum absolute atomic E-state index is 11.6. The molecule has 4 nitrogen and oxygen atoms in total. The van der Waals surface area contributed by atoms with E-state index >= 15 is 0 Å². The Labute approximate surface area is 80.3 Å². The van der Waals surface area contributed by atoms with Crippen molar-refractivity contribution in [3.63, 3.8) is 0 Å². The lowest BCUT2D eigenvalue weighted by molar-refractivity contribution is -0.145. The molecule has 0 saturated heterocycles. The first-order valence-electron chi connectivity index (χ1n) is 3.86. The summed E-state index contributed by atoms with van der Waals surface area (Å²) in [5.41, 5.74) is 0. The lowest BCUT2D eigenvalue weighted by Crippen LogP contribution is -2.18. The molecular formula is C6H12F3NO3S. The number of halogens is 3. The Morgan fingerprint density at radius 3 is 2.21 bits per heavy atom. The van der Waals surface area contributed by atoms with Crippen molar-refractivity contribution in [3.05, 3.63) is 0 Å². The molecule has 0 aromatic rings. The predicted molar refractivity (Wildman–Crippen MR) is 44.1 cm³/mol. The number of primary sulfonamides is 1. The fraction of sp³-hybridized carbons (Fsp3) is 1.00. The van der Waals surface area contributed by atoms with Gasteiger partial charge in [-0.3, -0.25) is 0 Å². The van der Waals surface area contributed by atoms with Crippen LogP contribution in [0.3, 0.4) is 0 Å². The third kappa shape index (κ3) is 11.7. The smallest absolute Gasteiger partial charge is 0.381 e. The van der Waals surface area contributed by atoms with Gasteiger partial charge in [0.05, 0.1) is 18.8 Å². The summed E-state index contributed by atoms with van der Waals surface area (Å²) in [4.78, 5) is 0. The van der Waals surface area contributed by atoms with Crippen molar-refractivity contribution in [2.75, 3.05) is 19.0 Å². The molecule has 0 aromatic carbocycles. The minimum absolute atomic E-state index is 0.0352. The molecule has 0 aliphatic heterocycles. The minimum atomic E-state index is -4.24. The molecule has 0 aromatic heterocycles. The first kappa shape index (κ1) is 13.7. The van der Waals surface area contributed by atoms with Gasteiger partial charge in [-0.15, -0.1) is 0 Å². The van der Waals surface area contributed by atoms with Gasteiger partial charge >= 0.3 is 6.18 Å². The fourth-order valence-corrected chi connectivity index (χ4v) is 1.17. The number of nitrogens with two attached hydrogens (primary N) is 1. The largest absolute Gasteiger partial charge is 0.391 e. The van der Waals surface area contributed by atoms with Gasteiger partial charge in [0.2, 0.25) is 10.0 Å². The molecule has 8 heteroatoms. The molecular weight excluding hydrogens is 223 g/mol. The summed E-state index contributed by atoms with van der Waals surface area (Å²) >= 11 is 0. The van der Waals surface area contributed by atoms with Gasteiger partial charge in [-0.1, -0.05) is 0 Å². The molecule has 14 heavy (non-hydrogen) atoms. The average molecular weight is 235 g/mol. The minimum Gasteiger partial charge on any atom is -0.381 e. The van der Waals surface area contributed by atoms with Crippen LogP contribution in [-0.4, -0.2) is 33.6 Å². The van der Waals surface area contributed by atoms with E-state index in [0.717, 1.165) is 0 Å². The normalized spacial score (nSPS) is 13.1. The van der Waals surface area contributed by atoms with Crippen LogP contribution in [0.25, 0.3) is 0 Å². The number of sulfonamides is 1. The molecule has 0 saturated carbocycles. The van der Waals surface area contributed by atoms with Gasteiger partial charge in [-0.05, 0) is 6.42 Å².